The lowest BCUT2D eigenvalue weighted by Gasteiger charge is -2.31. The minimum absolute atomic E-state index is 0.0554. The highest BCUT2D eigenvalue weighted by Crippen LogP contribution is 2.35. The van der Waals surface area contributed by atoms with Crippen LogP contribution in [0.2, 0.25) is 0 Å². The Hall–Kier alpha value is -1.32. The lowest BCUT2D eigenvalue weighted by Crippen LogP contribution is -2.30. The van der Waals surface area contributed by atoms with Gasteiger partial charge in [0.1, 0.15) is 11.9 Å². The zero-order valence-electron chi connectivity index (χ0n) is 11.2. The zero-order valence-corrected chi connectivity index (χ0v) is 11.2. The molecule has 19 heavy (non-hydrogen) atoms. The van der Waals surface area contributed by atoms with Gasteiger partial charge < -0.3 is 10.5 Å². The molecule has 0 bridgehead atoms. The van der Waals surface area contributed by atoms with Crippen molar-refractivity contribution < 1.29 is 13.5 Å². The van der Waals surface area contributed by atoms with Gasteiger partial charge in [-0.25, -0.2) is 8.78 Å². The molecule has 0 aliphatic heterocycles. The first-order valence-electron chi connectivity index (χ1n) is 6.96. The van der Waals surface area contributed by atoms with E-state index in [-0.39, 0.29) is 17.4 Å². The van der Waals surface area contributed by atoms with E-state index in [2.05, 4.69) is 6.92 Å². The third-order valence-electron chi connectivity index (χ3n) is 3.91. The second-order valence-electron chi connectivity index (χ2n) is 5.21. The van der Waals surface area contributed by atoms with Crippen LogP contribution in [0.3, 0.4) is 0 Å². The summed E-state index contributed by atoms with van der Waals surface area (Å²) in [5.41, 5.74) is 5.81. The number of hydrogen-bond donors (Lipinski definition) is 1. The summed E-state index contributed by atoms with van der Waals surface area (Å²) < 4.78 is 31.9. The molecule has 0 heterocycles. The van der Waals surface area contributed by atoms with E-state index in [1.54, 1.807) is 12.1 Å². The Morgan fingerprint density at radius 2 is 2.05 bits per heavy atom. The smallest absolute Gasteiger partial charge is 0.267 e. The van der Waals surface area contributed by atoms with Crippen LogP contribution in [0.25, 0.3) is 0 Å². The van der Waals surface area contributed by atoms with Crippen molar-refractivity contribution in [2.45, 2.75) is 51.6 Å². The predicted molar refractivity (Wildman–Crippen MR) is 72.5 cm³/mol. The number of nitrogen functional groups attached to an aromatic ring is 1. The second-order valence-corrected chi connectivity index (χ2v) is 5.21. The maximum atomic E-state index is 13.0. The van der Waals surface area contributed by atoms with Gasteiger partial charge in [0, 0.05) is 5.69 Å². The molecule has 0 aromatic heterocycles. The zero-order chi connectivity index (χ0) is 13.8. The van der Waals surface area contributed by atoms with Crippen molar-refractivity contribution in [3.8, 4) is 5.75 Å². The Labute approximate surface area is 112 Å². The standard InChI is InChI=1S/C15H21F2NO/c1-2-10-5-3-4-6-13(10)19-14-8-7-11(18)9-12(14)15(16)17/h7-10,13,15H,2-6,18H2,1H3. The van der Waals surface area contributed by atoms with E-state index in [0.29, 0.717) is 11.6 Å². The fourth-order valence-corrected chi connectivity index (χ4v) is 2.80. The maximum Gasteiger partial charge on any atom is 0.267 e. The Balaban J connectivity index is 2.17. The molecule has 0 radical (unpaired) electrons. The molecule has 0 spiro atoms. The summed E-state index contributed by atoms with van der Waals surface area (Å²) in [4.78, 5) is 0. The molecule has 2 atom stereocenters. The first kappa shape index (κ1) is 14.1. The lowest BCUT2D eigenvalue weighted by atomic mass is 9.84. The van der Waals surface area contributed by atoms with E-state index in [4.69, 9.17) is 10.5 Å². The summed E-state index contributed by atoms with van der Waals surface area (Å²) in [5, 5.41) is 0. The van der Waals surface area contributed by atoms with E-state index in [0.717, 1.165) is 25.7 Å². The predicted octanol–water partition coefficient (Wildman–Crippen LogP) is 4.55. The molecule has 1 saturated carbocycles. The van der Waals surface area contributed by atoms with Crippen LogP contribution < -0.4 is 10.5 Å². The number of anilines is 1. The molecule has 2 nitrogen and oxygen atoms in total. The molecular formula is C15H21F2NO. The van der Waals surface area contributed by atoms with Crippen molar-refractivity contribution in [3.63, 3.8) is 0 Å². The molecular weight excluding hydrogens is 248 g/mol. The molecule has 106 valence electrons. The van der Waals surface area contributed by atoms with Crippen molar-refractivity contribution in [2.24, 2.45) is 5.92 Å². The summed E-state index contributed by atoms with van der Waals surface area (Å²) in [6.07, 6.45) is 2.93. The fraction of sp³-hybridized carbons (Fsp3) is 0.600. The molecule has 2 N–H and O–H groups in total. The van der Waals surface area contributed by atoms with Crippen LogP contribution in [0.1, 0.15) is 51.0 Å². The third-order valence-corrected chi connectivity index (χ3v) is 3.91. The Morgan fingerprint density at radius 1 is 1.32 bits per heavy atom. The largest absolute Gasteiger partial charge is 0.490 e. The Bertz CT molecular complexity index is 423. The first-order chi connectivity index (χ1) is 9.11. The Morgan fingerprint density at radius 3 is 2.74 bits per heavy atom. The van der Waals surface area contributed by atoms with Gasteiger partial charge in [-0.3, -0.25) is 0 Å². The van der Waals surface area contributed by atoms with Crippen molar-refractivity contribution >= 4 is 5.69 Å². The molecule has 0 amide bonds. The topological polar surface area (TPSA) is 35.2 Å². The number of alkyl halides is 2. The molecule has 2 unspecified atom stereocenters. The first-order valence-corrected chi connectivity index (χ1v) is 6.96. The summed E-state index contributed by atoms with van der Waals surface area (Å²) >= 11 is 0. The van der Waals surface area contributed by atoms with Gasteiger partial charge in [-0.2, -0.15) is 0 Å². The monoisotopic (exact) mass is 269 g/mol. The van der Waals surface area contributed by atoms with E-state index < -0.39 is 6.43 Å². The average molecular weight is 269 g/mol. The van der Waals surface area contributed by atoms with Gasteiger partial charge in [0.05, 0.1) is 5.56 Å². The summed E-state index contributed by atoms with van der Waals surface area (Å²) in [7, 11) is 0. The molecule has 0 saturated heterocycles. The number of ether oxygens (including phenoxy) is 1. The van der Waals surface area contributed by atoms with Crippen LogP contribution in [0, 0.1) is 5.92 Å². The van der Waals surface area contributed by atoms with E-state index in [1.807, 2.05) is 0 Å². The van der Waals surface area contributed by atoms with Gasteiger partial charge >= 0.3 is 0 Å². The van der Waals surface area contributed by atoms with E-state index in [9.17, 15) is 8.78 Å². The normalized spacial score (nSPS) is 23.6. The highest BCUT2D eigenvalue weighted by molar-refractivity contribution is 5.48. The van der Waals surface area contributed by atoms with Crippen LogP contribution in [0.4, 0.5) is 14.5 Å². The van der Waals surface area contributed by atoms with Gasteiger partial charge in [0.25, 0.3) is 6.43 Å². The van der Waals surface area contributed by atoms with Gasteiger partial charge in [-0.15, -0.1) is 0 Å². The maximum absolute atomic E-state index is 13.0. The number of rotatable bonds is 4. The molecule has 4 heteroatoms. The second kappa shape index (κ2) is 6.22. The average Bonchev–Trinajstić information content (AvgIpc) is 2.41. The molecule has 1 aromatic carbocycles. The van der Waals surface area contributed by atoms with E-state index >= 15 is 0 Å². The van der Waals surface area contributed by atoms with Crippen molar-refractivity contribution in [3.05, 3.63) is 23.8 Å². The lowest BCUT2D eigenvalue weighted by molar-refractivity contribution is 0.0814. The quantitative estimate of drug-likeness (QED) is 0.813. The highest BCUT2D eigenvalue weighted by atomic mass is 19.3. The number of halogens is 2. The van der Waals surface area contributed by atoms with Gasteiger partial charge in [-0.1, -0.05) is 13.3 Å². The van der Waals surface area contributed by atoms with Crippen LogP contribution in [-0.4, -0.2) is 6.10 Å². The molecule has 2 rings (SSSR count). The van der Waals surface area contributed by atoms with Gasteiger partial charge in [0.2, 0.25) is 0 Å². The van der Waals surface area contributed by atoms with Crippen LogP contribution in [0.15, 0.2) is 18.2 Å². The van der Waals surface area contributed by atoms with Crippen LogP contribution in [-0.2, 0) is 0 Å². The minimum Gasteiger partial charge on any atom is -0.490 e. The van der Waals surface area contributed by atoms with Crippen LogP contribution >= 0.6 is 0 Å². The molecule has 1 aromatic rings. The van der Waals surface area contributed by atoms with Crippen molar-refractivity contribution in [1.29, 1.82) is 0 Å². The Kier molecular flexibility index (Phi) is 4.61. The number of hydrogen-bond acceptors (Lipinski definition) is 2. The fourth-order valence-electron chi connectivity index (χ4n) is 2.80. The van der Waals surface area contributed by atoms with E-state index in [1.165, 1.54) is 12.5 Å². The minimum atomic E-state index is -2.55. The molecule has 1 aliphatic rings. The summed E-state index contributed by atoms with van der Waals surface area (Å²) in [6, 6.07) is 4.49. The highest BCUT2D eigenvalue weighted by Gasteiger charge is 2.27. The third kappa shape index (κ3) is 3.37. The molecule has 1 aliphatic carbocycles. The SMILES string of the molecule is CCC1CCCCC1Oc1ccc(N)cc1C(F)F. The summed E-state index contributed by atoms with van der Waals surface area (Å²) in [6.45, 7) is 2.13. The number of nitrogens with two attached hydrogens (primary N) is 1. The number of benzene rings is 1. The summed E-state index contributed by atoms with van der Waals surface area (Å²) in [5.74, 6) is 0.756. The van der Waals surface area contributed by atoms with Crippen molar-refractivity contribution in [1.82, 2.24) is 0 Å². The van der Waals surface area contributed by atoms with Crippen LogP contribution in [0.5, 0.6) is 5.75 Å². The van der Waals surface area contributed by atoms with Gasteiger partial charge in [0.15, 0.2) is 0 Å². The molecule has 1 fully saturated rings. The van der Waals surface area contributed by atoms with Crippen molar-refractivity contribution in [2.75, 3.05) is 5.73 Å². The van der Waals surface area contributed by atoms with Gasteiger partial charge in [-0.05, 0) is 49.8 Å².